The molecule has 2 aromatic carbocycles. The number of rotatable bonds is 3. The number of carbonyl (C=O) groups excluding carboxylic acids is 1. The molecule has 1 saturated heterocycles. The molecule has 4 rings (SSSR count). The van der Waals surface area contributed by atoms with Crippen molar-refractivity contribution in [2.45, 2.75) is 32.1 Å². The van der Waals surface area contributed by atoms with Crippen LogP contribution >= 0.6 is 0 Å². The van der Waals surface area contributed by atoms with Gasteiger partial charge in [0.05, 0.1) is 0 Å². The van der Waals surface area contributed by atoms with E-state index in [1.807, 2.05) is 35.2 Å². The minimum atomic E-state index is -0.0462. The summed E-state index contributed by atoms with van der Waals surface area (Å²) >= 11 is 0. The van der Waals surface area contributed by atoms with E-state index in [2.05, 4.69) is 39.8 Å². The van der Waals surface area contributed by atoms with Gasteiger partial charge in [0.1, 0.15) is 0 Å². The summed E-state index contributed by atoms with van der Waals surface area (Å²) in [4.78, 5) is 14.6. The van der Waals surface area contributed by atoms with Gasteiger partial charge in [0.15, 0.2) is 0 Å². The smallest absolute Gasteiger partial charge is 0.321 e. The van der Waals surface area contributed by atoms with E-state index in [0.717, 1.165) is 43.6 Å². The zero-order chi connectivity index (χ0) is 19.3. The van der Waals surface area contributed by atoms with Gasteiger partial charge in [-0.2, -0.15) is 0 Å². The molecule has 2 amide bonds. The monoisotopic (exact) mass is 376 g/mol. The van der Waals surface area contributed by atoms with Gasteiger partial charge in [0, 0.05) is 31.3 Å². The Hall–Kier alpha value is -3.15. The fourth-order valence-corrected chi connectivity index (χ4v) is 3.67. The molecule has 0 aliphatic carbocycles. The van der Waals surface area contributed by atoms with Gasteiger partial charge in [-0.15, -0.1) is 10.2 Å². The number of nitrogens with one attached hydrogen (secondary N) is 1. The van der Waals surface area contributed by atoms with Crippen LogP contribution in [0.4, 0.5) is 10.5 Å². The van der Waals surface area contributed by atoms with Crippen molar-refractivity contribution in [2.75, 3.05) is 18.4 Å². The Balaban J connectivity index is 1.36. The van der Waals surface area contributed by atoms with E-state index in [9.17, 15) is 4.79 Å². The van der Waals surface area contributed by atoms with E-state index in [1.165, 1.54) is 5.56 Å². The first kappa shape index (κ1) is 18.2. The molecule has 0 radical (unpaired) electrons. The molecule has 6 nitrogen and oxygen atoms in total. The maximum atomic E-state index is 12.7. The van der Waals surface area contributed by atoms with Crippen LogP contribution in [0.15, 0.2) is 59.0 Å². The number of aryl methyl sites for hydroxylation is 1. The fourth-order valence-electron chi connectivity index (χ4n) is 3.67. The van der Waals surface area contributed by atoms with Gasteiger partial charge in [-0.05, 0) is 55.0 Å². The van der Waals surface area contributed by atoms with Crippen molar-refractivity contribution in [3.05, 3.63) is 66.1 Å². The van der Waals surface area contributed by atoms with Crippen molar-refractivity contribution in [3.63, 3.8) is 0 Å². The van der Waals surface area contributed by atoms with Crippen LogP contribution in [0.3, 0.4) is 0 Å². The van der Waals surface area contributed by atoms with Crippen LogP contribution in [-0.2, 0) is 0 Å². The number of nitrogens with zero attached hydrogens (tertiary/aromatic N) is 3. The van der Waals surface area contributed by atoms with Crippen molar-refractivity contribution in [1.82, 2.24) is 15.1 Å². The third-order valence-corrected chi connectivity index (χ3v) is 5.20. The van der Waals surface area contributed by atoms with Gasteiger partial charge < -0.3 is 14.6 Å². The topological polar surface area (TPSA) is 71.3 Å². The molecule has 28 heavy (non-hydrogen) atoms. The van der Waals surface area contributed by atoms with Crippen LogP contribution in [0.25, 0.3) is 11.5 Å². The Bertz CT molecular complexity index is 921. The van der Waals surface area contributed by atoms with Gasteiger partial charge in [0.25, 0.3) is 0 Å². The molecule has 1 unspecified atom stereocenters. The maximum absolute atomic E-state index is 12.7. The largest absolute Gasteiger partial charge is 0.421 e. The first-order valence-corrected chi connectivity index (χ1v) is 9.70. The summed E-state index contributed by atoms with van der Waals surface area (Å²) in [6.07, 6.45) is 3.13. The third kappa shape index (κ3) is 4.22. The SMILES string of the molecule is Cc1nnc(-c2ccc(NC(=O)N3CCCC(c4ccccc4)CC3)cc2)o1. The molecule has 0 spiro atoms. The van der Waals surface area contributed by atoms with E-state index in [1.54, 1.807) is 6.92 Å². The van der Waals surface area contributed by atoms with Crippen LogP contribution < -0.4 is 5.32 Å². The quantitative estimate of drug-likeness (QED) is 0.709. The van der Waals surface area contributed by atoms with E-state index in [0.29, 0.717) is 17.7 Å². The number of aromatic nitrogens is 2. The highest BCUT2D eigenvalue weighted by Crippen LogP contribution is 2.28. The predicted molar refractivity (Wildman–Crippen MR) is 108 cm³/mol. The lowest BCUT2D eigenvalue weighted by molar-refractivity contribution is 0.213. The summed E-state index contributed by atoms with van der Waals surface area (Å²) in [5.74, 6) is 1.54. The number of hydrogen-bond acceptors (Lipinski definition) is 4. The molecule has 1 aliphatic rings. The van der Waals surface area contributed by atoms with Crippen molar-refractivity contribution in [3.8, 4) is 11.5 Å². The Morgan fingerprint density at radius 1 is 1.04 bits per heavy atom. The number of amides is 2. The second-order valence-corrected chi connectivity index (χ2v) is 7.16. The Labute approximate surface area is 164 Å². The maximum Gasteiger partial charge on any atom is 0.321 e. The summed E-state index contributed by atoms with van der Waals surface area (Å²) < 4.78 is 5.43. The average molecular weight is 376 g/mol. The second-order valence-electron chi connectivity index (χ2n) is 7.16. The van der Waals surface area contributed by atoms with Crippen molar-refractivity contribution >= 4 is 11.7 Å². The minimum Gasteiger partial charge on any atom is -0.421 e. The molecule has 1 aromatic heterocycles. The van der Waals surface area contributed by atoms with Gasteiger partial charge in [0.2, 0.25) is 11.8 Å². The normalized spacial score (nSPS) is 17.2. The highest BCUT2D eigenvalue weighted by atomic mass is 16.4. The lowest BCUT2D eigenvalue weighted by Gasteiger charge is -2.21. The van der Waals surface area contributed by atoms with Crippen LogP contribution in [0.1, 0.15) is 36.6 Å². The van der Waals surface area contributed by atoms with E-state index in [4.69, 9.17) is 4.42 Å². The van der Waals surface area contributed by atoms with Gasteiger partial charge in [-0.1, -0.05) is 30.3 Å². The summed E-state index contributed by atoms with van der Waals surface area (Å²) in [7, 11) is 0. The number of urea groups is 1. The number of likely N-dealkylation sites (tertiary alicyclic amines) is 1. The molecule has 1 fully saturated rings. The van der Waals surface area contributed by atoms with Crippen LogP contribution in [-0.4, -0.2) is 34.2 Å². The molecule has 2 heterocycles. The average Bonchev–Trinajstić information content (AvgIpc) is 3.01. The molecule has 0 saturated carbocycles. The number of anilines is 1. The fraction of sp³-hybridized carbons (Fsp3) is 0.318. The molecule has 1 atom stereocenters. The summed E-state index contributed by atoms with van der Waals surface area (Å²) in [6, 6.07) is 18.0. The van der Waals surface area contributed by atoms with Gasteiger partial charge in [-0.25, -0.2) is 4.79 Å². The third-order valence-electron chi connectivity index (χ3n) is 5.20. The lowest BCUT2D eigenvalue weighted by atomic mass is 9.92. The van der Waals surface area contributed by atoms with Crippen LogP contribution in [0.5, 0.6) is 0 Å². The van der Waals surface area contributed by atoms with Crippen molar-refractivity contribution < 1.29 is 9.21 Å². The standard InChI is InChI=1S/C22H24N4O2/c1-16-24-25-21(28-16)19-9-11-20(12-10-19)23-22(27)26-14-5-8-18(13-15-26)17-6-3-2-4-7-17/h2-4,6-7,9-12,18H,5,8,13-15H2,1H3,(H,23,27). The zero-order valence-electron chi connectivity index (χ0n) is 16.0. The predicted octanol–water partition coefficient (Wildman–Crippen LogP) is 4.85. The molecule has 6 heteroatoms. The van der Waals surface area contributed by atoms with E-state index >= 15 is 0 Å². The minimum absolute atomic E-state index is 0.0462. The van der Waals surface area contributed by atoms with Gasteiger partial charge in [-0.3, -0.25) is 0 Å². The highest BCUT2D eigenvalue weighted by molar-refractivity contribution is 5.89. The van der Waals surface area contributed by atoms with Gasteiger partial charge >= 0.3 is 6.03 Å². The molecule has 1 aliphatic heterocycles. The zero-order valence-corrected chi connectivity index (χ0v) is 16.0. The number of benzene rings is 2. The Morgan fingerprint density at radius 2 is 1.82 bits per heavy atom. The molecule has 144 valence electrons. The summed E-state index contributed by atoms with van der Waals surface area (Å²) in [5, 5.41) is 10.8. The molecule has 1 N–H and O–H groups in total. The van der Waals surface area contributed by atoms with Crippen molar-refractivity contribution in [1.29, 1.82) is 0 Å². The lowest BCUT2D eigenvalue weighted by Crippen LogP contribution is -2.35. The molecular formula is C22H24N4O2. The number of hydrogen-bond donors (Lipinski definition) is 1. The summed E-state index contributed by atoms with van der Waals surface area (Å²) in [6.45, 7) is 3.31. The Morgan fingerprint density at radius 3 is 2.54 bits per heavy atom. The van der Waals surface area contributed by atoms with Crippen LogP contribution in [0, 0.1) is 6.92 Å². The first-order valence-electron chi connectivity index (χ1n) is 9.70. The van der Waals surface area contributed by atoms with Crippen LogP contribution in [0.2, 0.25) is 0 Å². The van der Waals surface area contributed by atoms with Crippen molar-refractivity contribution in [2.24, 2.45) is 0 Å². The Kier molecular flexibility index (Phi) is 5.37. The molecular weight excluding hydrogens is 352 g/mol. The summed E-state index contributed by atoms with van der Waals surface area (Å²) in [5.41, 5.74) is 2.96. The van der Waals surface area contributed by atoms with E-state index < -0.39 is 0 Å². The first-order chi connectivity index (χ1) is 13.7. The molecule has 0 bridgehead atoms. The molecule has 3 aromatic rings. The number of carbonyl (C=O) groups is 1. The second kappa shape index (κ2) is 8.25. The van der Waals surface area contributed by atoms with E-state index in [-0.39, 0.29) is 6.03 Å². The highest BCUT2D eigenvalue weighted by Gasteiger charge is 2.21.